The molecule has 1 aromatic rings. The van der Waals surface area contributed by atoms with E-state index in [2.05, 4.69) is 9.97 Å². The Hall–Kier alpha value is -1.47. The van der Waals surface area contributed by atoms with E-state index in [0.717, 1.165) is 0 Å². The number of hydrogen-bond acceptors (Lipinski definition) is 5. The van der Waals surface area contributed by atoms with E-state index in [0.29, 0.717) is 0 Å². The third-order valence-electron chi connectivity index (χ3n) is 3.11. The lowest BCUT2D eigenvalue weighted by molar-refractivity contribution is -0.0618. The molecule has 0 aromatic carbocycles. The van der Waals surface area contributed by atoms with Crippen LogP contribution in [0.15, 0.2) is 6.07 Å². The normalized spacial score (nSPS) is 20.2. The molecule has 122 valence electrons. The van der Waals surface area contributed by atoms with Crippen LogP contribution in [0, 0.1) is 0 Å². The van der Waals surface area contributed by atoms with Gasteiger partial charge in [0.25, 0.3) is 0 Å². The average molecular weight is 332 g/mol. The van der Waals surface area contributed by atoms with Gasteiger partial charge in [0.2, 0.25) is 5.28 Å². The van der Waals surface area contributed by atoms with Crippen LogP contribution in [0.5, 0.6) is 0 Å². The molecule has 2 heterocycles. The zero-order valence-electron chi connectivity index (χ0n) is 13.0. The SMILES string of the molecule is C[C@@H](OC(C)(C)C)[C@H]1COC(=O)N1c1cc(CF)nc(Cl)n1. The van der Waals surface area contributed by atoms with Gasteiger partial charge < -0.3 is 9.47 Å². The molecule has 22 heavy (non-hydrogen) atoms. The predicted molar refractivity (Wildman–Crippen MR) is 79.8 cm³/mol. The molecule has 1 saturated heterocycles. The second kappa shape index (κ2) is 6.34. The second-order valence-electron chi connectivity index (χ2n) is 6.07. The molecule has 0 N–H and O–H groups in total. The van der Waals surface area contributed by atoms with E-state index in [1.165, 1.54) is 11.0 Å². The molecule has 1 aliphatic heterocycles. The molecule has 6 nitrogen and oxygen atoms in total. The minimum absolute atomic E-state index is 0.109. The van der Waals surface area contributed by atoms with Crippen molar-refractivity contribution in [2.45, 2.75) is 52.1 Å². The number of ether oxygens (including phenoxy) is 2. The van der Waals surface area contributed by atoms with E-state index in [1.54, 1.807) is 0 Å². The molecule has 0 bridgehead atoms. The van der Waals surface area contributed by atoms with Gasteiger partial charge >= 0.3 is 6.09 Å². The van der Waals surface area contributed by atoms with Gasteiger partial charge in [0.05, 0.1) is 17.4 Å². The summed E-state index contributed by atoms with van der Waals surface area (Å²) in [5.41, 5.74) is -0.262. The summed E-state index contributed by atoms with van der Waals surface area (Å²) in [6.45, 7) is 7.00. The summed E-state index contributed by atoms with van der Waals surface area (Å²) in [7, 11) is 0. The second-order valence-corrected chi connectivity index (χ2v) is 6.41. The zero-order chi connectivity index (χ0) is 16.5. The topological polar surface area (TPSA) is 64.6 Å². The summed E-state index contributed by atoms with van der Waals surface area (Å²) in [5, 5.41) is -0.118. The van der Waals surface area contributed by atoms with E-state index in [4.69, 9.17) is 21.1 Å². The van der Waals surface area contributed by atoms with Crippen LogP contribution in [0.3, 0.4) is 0 Å². The van der Waals surface area contributed by atoms with Crippen LogP contribution in [-0.2, 0) is 16.1 Å². The number of amides is 1. The third kappa shape index (κ3) is 3.84. The molecule has 0 spiro atoms. The van der Waals surface area contributed by atoms with Gasteiger partial charge in [-0.15, -0.1) is 0 Å². The minimum Gasteiger partial charge on any atom is -0.447 e. The molecule has 0 unspecified atom stereocenters. The number of halogens is 2. The van der Waals surface area contributed by atoms with Gasteiger partial charge in [-0.05, 0) is 39.3 Å². The maximum Gasteiger partial charge on any atom is 0.416 e. The number of alkyl halides is 1. The summed E-state index contributed by atoms with van der Waals surface area (Å²) in [6, 6.07) is 1.01. The first-order valence-electron chi connectivity index (χ1n) is 6.94. The number of carbonyl (C=O) groups is 1. The molecule has 0 radical (unpaired) electrons. The van der Waals surface area contributed by atoms with Crippen molar-refractivity contribution in [2.75, 3.05) is 11.5 Å². The molecule has 1 amide bonds. The number of hydrogen-bond donors (Lipinski definition) is 0. The van der Waals surface area contributed by atoms with Crippen LogP contribution < -0.4 is 4.90 Å². The van der Waals surface area contributed by atoms with E-state index in [9.17, 15) is 9.18 Å². The summed E-state index contributed by atoms with van der Waals surface area (Å²) >= 11 is 5.79. The lowest BCUT2D eigenvalue weighted by atomic mass is 10.1. The lowest BCUT2D eigenvalue weighted by Gasteiger charge is -2.31. The quantitative estimate of drug-likeness (QED) is 0.793. The summed E-state index contributed by atoms with van der Waals surface area (Å²) in [4.78, 5) is 21.1. The highest BCUT2D eigenvalue weighted by Gasteiger charge is 2.40. The molecule has 1 aliphatic rings. The van der Waals surface area contributed by atoms with Crippen LogP contribution >= 0.6 is 11.6 Å². The summed E-state index contributed by atoms with van der Waals surface area (Å²) in [6.07, 6.45) is -0.858. The van der Waals surface area contributed by atoms with Crippen LogP contribution in [0.2, 0.25) is 5.28 Å². The van der Waals surface area contributed by atoms with Crippen LogP contribution in [0.4, 0.5) is 15.0 Å². The van der Waals surface area contributed by atoms with Crippen LogP contribution in [0.25, 0.3) is 0 Å². The van der Waals surface area contributed by atoms with Crippen molar-refractivity contribution in [1.82, 2.24) is 9.97 Å². The number of nitrogens with zero attached hydrogens (tertiary/aromatic N) is 3. The number of aromatic nitrogens is 2. The van der Waals surface area contributed by atoms with Gasteiger partial charge in [-0.3, -0.25) is 4.90 Å². The zero-order valence-corrected chi connectivity index (χ0v) is 13.7. The van der Waals surface area contributed by atoms with Gasteiger partial charge in [0.1, 0.15) is 25.1 Å². The number of anilines is 1. The van der Waals surface area contributed by atoms with E-state index in [-0.39, 0.29) is 41.1 Å². The maximum atomic E-state index is 12.8. The Morgan fingerprint density at radius 2 is 2.23 bits per heavy atom. The van der Waals surface area contributed by atoms with E-state index < -0.39 is 12.8 Å². The Balaban J connectivity index is 2.30. The Labute approximate surface area is 133 Å². The minimum atomic E-state index is -0.795. The van der Waals surface area contributed by atoms with Crippen molar-refractivity contribution in [3.8, 4) is 0 Å². The highest BCUT2D eigenvalue weighted by atomic mass is 35.5. The first-order valence-corrected chi connectivity index (χ1v) is 7.32. The molecule has 0 aliphatic carbocycles. The standard InChI is InChI=1S/C14H19ClFN3O3/c1-8(22-14(2,3)4)10-7-21-13(20)19(10)11-5-9(6-16)17-12(15)18-11/h5,8,10H,6-7H2,1-4H3/t8-,10-/m1/s1. The molecule has 2 rings (SSSR count). The van der Waals surface area contributed by atoms with Crippen molar-refractivity contribution in [3.63, 3.8) is 0 Å². The van der Waals surface area contributed by atoms with Crippen molar-refractivity contribution in [1.29, 1.82) is 0 Å². The Kier molecular flexibility index (Phi) is 4.87. The molecule has 2 atom stereocenters. The smallest absolute Gasteiger partial charge is 0.416 e. The molecular formula is C14H19ClFN3O3. The Bertz CT molecular complexity index is 565. The molecule has 1 aromatic heterocycles. The summed E-state index contributed by atoms with van der Waals surface area (Å²) in [5.74, 6) is 0.213. The number of rotatable bonds is 4. The Morgan fingerprint density at radius 1 is 1.55 bits per heavy atom. The van der Waals surface area contributed by atoms with Crippen molar-refractivity contribution in [2.24, 2.45) is 0 Å². The first-order chi connectivity index (χ1) is 10.2. The molecule has 8 heteroatoms. The molecule has 1 fully saturated rings. The molecule has 0 saturated carbocycles. The molecular weight excluding hydrogens is 313 g/mol. The van der Waals surface area contributed by atoms with Crippen LogP contribution in [0.1, 0.15) is 33.4 Å². The fraction of sp³-hybridized carbons (Fsp3) is 0.643. The van der Waals surface area contributed by atoms with Gasteiger partial charge in [-0.25, -0.2) is 19.2 Å². The third-order valence-corrected chi connectivity index (χ3v) is 3.28. The maximum absolute atomic E-state index is 12.8. The number of carbonyl (C=O) groups excluding carboxylic acids is 1. The monoisotopic (exact) mass is 331 g/mol. The van der Waals surface area contributed by atoms with Crippen LogP contribution in [-0.4, -0.2) is 40.4 Å². The number of cyclic esters (lactones) is 1. The van der Waals surface area contributed by atoms with E-state index in [1.807, 2.05) is 27.7 Å². The first kappa shape index (κ1) is 16.9. The Morgan fingerprint density at radius 3 is 2.82 bits per heavy atom. The summed E-state index contributed by atoms with van der Waals surface area (Å²) < 4.78 is 23.8. The van der Waals surface area contributed by atoms with Crippen molar-refractivity contribution in [3.05, 3.63) is 17.0 Å². The predicted octanol–water partition coefficient (Wildman–Crippen LogP) is 3.13. The van der Waals surface area contributed by atoms with Gasteiger partial charge in [0.15, 0.2) is 0 Å². The van der Waals surface area contributed by atoms with Crippen molar-refractivity contribution >= 4 is 23.5 Å². The average Bonchev–Trinajstić information content (AvgIpc) is 2.78. The highest BCUT2D eigenvalue weighted by molar-refractivity contribution is 6.28. The van der Waals surface area contributed by atoms with E-state index >= 15 is 0 Å². The largest absolute Gasteiger partial charge is 0.447 e. The van der Waals surface area contributed by atoms with Gasteiger partial charge in [-0.1, -0.05) is 0 Å². The lowest BCUT2D eigenvalue weighted by Crippen LogP contribution is -2.45. The fourth-order valence-electron chi connectivity index (χ4n) is 2.32. The fourth-order valence-corrected chi connectivity index (χ4v) is 2.52. The van der Waals surface area contributed by atoms with Gasteiger partial charge in [-0.2, -0.15) is 0 Å². The van der Waals surface area contributed by atoms with Gasteiger partial charge in [0, 0.05) is 6.07 Å². The van der Waals surface area contributed by atoms with Crippen molar-refractivity contribution < 1.29 is 18.7 Å². The highest BCUT2D eigenvalue weighted by Crippen LogP contribution is 2.27.